The molecule has 0 spiro atoms. The summed E-state index contributed by atoms with van der Waals surface area (Å²) in [6, 6.07) is 16.4. The maximum Gasteiger partial charge on any atom is 0.335 e. The van der Waals surface area contributed by atoms with Gasteiger partial charge >= 0.3 is 5.69 Å². The van der Waals surface area contributed by atoms with E-state index in [2.05, 4.69) is 21.8 Å². The first kappa shape index (κ1) is 22.2. The average Bonchev–Trinajstić information content (AvgIpc) is 3.18. The maximum atomic E-state index is 13.8. The molecular formula is C26H24N6O3. The van der Waals surface area contributed by atoms with Crippen molar-refractivity contribution in [3.63, 3.8) is 0 Å². The second kappa shape index (κ2) is 9.35. The summed E-state index contributed by atoms with van der Waals surface area (Å²) in [5, 5.41) is 0. The third-order valence-corrected chi connectivity index (χ3v) is 6.04. The second-order valence-corrected chi connectivity index (χ2v) is 8.25. The van der Waals surface area contributed by atoms with Crippen LogP contribution >= 0.6 is 0 Å². The lowest BCUT2D eigenvalue weighted by Crippen LogP contribution is -2.42. The van der Waals surface area contributed by atoms with Gasteiger partial charge in [-0.2, -0.15) is 0 Å². The molecule has 1 fully saturated rings. The molecule has 3 heterocycles. The van der Waals surface area contributed by atoms with Gasteiger partial charge in [-0.25, -0.2) is 14.8 Å². The number of fused-ring (bicyclic) bond motifs is 1. The van der Waals surface area contributed by atoms with Crippen molar-refractivity contribution in [2.75, 3.05) is 18.8 Å². The number of carbonyl (C=O) groups is 1. The molecule has 0 bridgehead atoms. The Hall–Kier alpha value is -4.58. The molecule has 0 aliphatic carbocycles. The smallest absolute Gasteiger partial charge is 0.335 e. The molecule has 2 aromatic heterocycles. The van der Waals surface area contributed by atoms with Crippen LogP contribution < -0.4 is 16.2 Å². The zero-order chi connectivity index (χ0) is 24.4. The summed E-state index contributed by atoms with van der Waals surface area (Å²) in [6.45, 7) is 2.62. The van der Waals surface area contributed by atoms with Crippen molar-refractivity contribution in [3.05, 3.63) is 71.4 Å². The van der Waals surface area contributed by atoms with E-state index in [1.54, 1.807) is 40.7 Å². The fraction of sp³-hybridized carbons (Fsp3) is 0.231. The number of likely N-dealkylation sites (tertiary alicyclic amines) is 1. The molecule has 9 heteroatoms. The number of aromatic nitrogens is 4. The van der Waals surface area contributed by atoms with E-state index >= 15 is 0 Å². The maximum absolute atomic E-state index is 13.8. The largest absolute Gasteiger partial charge is 0.457 e. The van der Waals surface area contributed by atoms with Crippen molar-refractivity contribution < 1.29 is 9.53 Å². The summed E-state index contributed by atoms with van der Waals surface area (Å²) in [5.41, 5.74) is 7.42. The molecule has 9 nitrogen and oxygen atoms in total. The van der Waals surface area contributed by atoms with Gasteiger partial charge in [0, 0.05) is 13.1 Å². The predicted molar refractivity (Wildman–Crippen MR) is 132 cm³/mol. The molecule has 1 saturated heterocycles. The number of piperidine rings is 1. The summed E-state index contributed by atoms with van der Waals surface area (Å²) in [6.07, 6.45) is 2.84. The van der Waals surface area contributed by atoms with Gasteiger partial charge in [-0.1, -0.05) is 24.1 Å². The number of nitrogens with two attached hydrogens (primary N) is 1. The van der Waals surface area contributed by atoms with Crippen LogP contribution in [-0.4, -0.2) is 43.0 Å². The van der Waals surface area contributed by atoms with Crippen LogP contribution in [0.25, 0.3) is 16.9 Å². The molecule has 1 aliphatic rings. The second-order valence-electron chi connectivity index (χ2n) is 8.25. The predicted octanol–water partition coefficient (Wildman–Crippen LogP) is 3.14. The van der Waals surface area contributed by atoms with E-state index in [1.807, 2.05) is 30.3 Å². The molecule has 35 heavy (non-hydrogen) atoms. The molecule has 5 rings (SSSR count). The molecule has 1 amide bonds. The number of para-hydroxylation sites is 1. The van der Waals surface area contributed by atoms with Crippen LogP contribution in [-0.2, 0) is 4.79 Å². The van der Waals surface area contributed by atoms with Crippen LogP contribution in [0.3, 0.4) is 0 Å². The highest BCUT2D eigenvalue weighted by atomic mass is 16.5. The van der Waals surface area contributed by atoms with Crippen molar-refractivity contribution >= 4 is 22.9 Å². The van der Waals surface area contributed by atoms with E-state index in [9.17, 15) is 9.59 Å². The average molecular weight is 469 g/mol. The number of ether oxygens (including phenoxy) is 1. The van der Waals surface area contributed by atoms with Crippen molar-refractivity contribution in [2.24, 2.45) is 0 Å². The molecule has 176 valence electrons. The van der Waals surface area contributed by atoms with Crippen molar-refractivity contribution in [1.82, 2.24) is 24.0 Å². The van der Waals surface area contributed by atoms with Crippen LogP contribution in [0.15, 0.2) is 65.7 Å². The van der Waals surface area contributed by atoms with Gasteiger partial charge in [0.2, 0.25) is 0 Å². The molecular weight excluding hydrogens is 444 g/mol. The molecule has 0 unspecified atom stereocenters. The fourth-order valence-corrected chi connectivity index (χ4v) is 4.46. The minimum absolute atomic E-state index is 0.205. The highest BCUT2D eigenvalue weighted by Gasteiger charge is 2.29. The van der Waals surface area contributed by atoms with Crippen molar-refractivity contribution in [1.29, 1.82) is 0 Å². The van der Waals surface area contributed by atoms with Crippen LogP contribution in [0.4, 0.5) is 5.82 Å². The van der Waals surface area contributed by atoms with E-state index in [-0.39, 0.29) is 23.5 Å². The first-order valence-electron chi connectivity index (χ1n) is 11.3. The Morgan fingerprint density at radius 1 is 1.09 bits per heavy atom. The summed E-state index contributed by atoms with van der Waals surface area (Å²) < 4.78 is 9.02. The van der Waals surface area contributed by atoms with Gasteiger partial charge in [0.05, 0.1) is 11.7 Å². The van der Waals surface area contributed by atoms with E-state index in [1.165, 1.54) is 10.9 Å². The zero-order valence-electron chi connectivity index (χ0n) is 19.2. The Balaban J connectivity index is 1.55. The van der Waals surface area contributed by atoms with Crippen LogP contribution in [0.1, 0.15) is 25.8 Å². The molecule has 0 saturated carbocycles. The van der Waals surface area contributed by atoms with Crippen LogP contribution in [0, 0.1) is 11.8 Å². The fourth-order valence-electron chi connectivity index (χ4n) is 4.46. The van der Waals surface area contributed by atoms with Crippen molar-refractivity contribution in [2.45, 2.75) is 25.8 Å². The number of anilines is 1. The van der Waals surface area contributed by atoms with E-state index in [4.69, 9.17) is 10.5 Å². The van der Waals surface area contributed by atoms with Crippen LogP contribution in [0.5, 0.6) is 11.5 Å². The number of benzene rings is 2. The summed E-state index contributed by atoms with van der Waals surface area (Å²) in [4.78, 5) is 36.3. The Labute approximate surface area is 201 Å². The summed E-state index contributed by atoms with van der Waals surface area (Å²) in [7, 11) is 0. The molecule has 4 aromatic rings. The highest BCUT2D eigenvalue weighted by Crippen LogP contribution is 2.28. The number of hydrogen-bond donors (Lipinski definition) is 1. The number of nitrogens with zero attached hydrogens (tertiary/aromatic N) is 5. The van der Waals surface area contributed by atoms with E-state index < -0.39 is 0 Å². The van der Waals surface area contributed by atoms with Gasteiger partial charge in [0.25, 0.3) is 5.91 Å². The number of rotatable bonds is 4. The zero-order valence-corrected chi connectivity index (χ0v) is 19.2. The lowest BCUT2D eigenvalue weighted by molar-refractivity contribution is -0.126. The first-order chi connectivity index (χ1) is 17.1. The van der Waals surface area contributed by atoms with Crippen molar-refractivity contribution in [3.8, 4) is 29.0 Å². The van der Waals surface area contributed by atoms with Gasteiger partial charge in [-0.3, -0.25) is 13.9 Å². The minimum atomic E-state index is -0.287. The van der Waals surface area contributed by atoms with Gasteiger partial charge in [0.15, 0.2) is 11.5 Å². The third kappa shape index (κ3) is 4.22. The minimum Gasteiger partial charge on any atom is -0.457 e. The molecule has 2 N–H and O–H groups in total. The Bertz CT molecular complexity index is 1500. The molecule has 1 atom stereocenters. The highest BCUT2D eigenvalue weighted by molar-refractivity contribution is 5.93. The Morgan fingerprint density at radius 3 is 2.57 bits per heavy atom. The number of imidazole rings is 1. The Kier molecular flexibility index (Phi) is 5.94. The number of hydrogen-bond acceptors (Lipinski definition) is 6. The van der Waals surface area contributed by atoms with Gasteiger partial charge in [0.1, 0.15) is 23.3 Å². The monoisotopic (exact) mass is 468 g/mol. The molecule has 2 aromatic carbocycles. The first-order valence-corrected chi connectivity index (χ1v) is 11.3. The van der Waals surface area contributed by atoms with E-state index in [0.717, 1.165) is 18.6 Å². The number of nitrogen functional groups attached to an aromatic ring is 1. The van der Waals surface area contributed by atoms with Gasteiger partial charge in [-0.15, -0.1) is 0 Å². The quantitative estimate of drug-likeness (QED) is 0.461. The van der Waals surface area contributed by atoms with E-state index in [0.29, 0.717) is 35.7 Å². The number of amides is 1. The summed E-state index contributed by atoms with van der Waals surface area (Å²) >= 11 is 0. The SMILES string of the molecule is CC#CC(=O)N1CCC[C@@H](n2c(=O)n(-c3ccc(Oc4ccccc4)cc3)c3c(N)ncnc32)C1. The normalized spacial score (nSPS) is 15.5. The van der Waals surface area contributed by atoms with Gasteiger partial charge < -0.3 is 15.4 Å². The number of carbonyl (C=O) groups excluding carboxylic acids is 1. The lowest BCUT2D eigenvalue weighted by Gasteiger charge is -2.31. The standard InChI is InChI=1S/C26H24N6O3/c1-2-7-22(33)30-15-6-8-19(16-30)32-25-23(24(27)28-17-29-25)31(26(32)34)18-11-13-21(14-12-18)35-20-9-4-3-5-10-20/h3-5,9-14,17,19H,6,8,15-16H2,1H3,(H2,27,28,29)/t19-/m1/s1. The Morgan fingerprint density at radius 2 is 1.83 bits per heavy atom. The summed E-state index contributed by atoms with van der Waals surface area (Å²) in [5.74, 6) is 6.56. The molecule has 1 aliphatic heterocycles. The van der Waals surface area contributed by atoms with Crippen LogP contribution in [0.2, 0.25) is 0 Å². The lowest BCUT2D eigenvalue weighted by atomic mass is 10.1. The van der Waals surface area contributed by atoms with Gasteiger partial charge in [-0.05, 0) is 62.1 Å². The third-order valence-electron chi connectivity index (χ3n) is 6.04. The topological polar surface area (TPSA) is 108 Å². The molecule has 0 radical (unpaired) electrons.